The Balaban J connectivity index is 1.62. The van der Waals surface area contributed by atoms with E-state index in [-0.39, 0.29) is 13.1 Å². The Hall–Kier alpha value is -3.41. The van der Waals surface area contributed by atoms with E-state index in [2.05, 4.69) is 36.4 Å². The van der Waals surface area contributed by atoms with Gasteiger partial charge in [-0.1, -0.05) is 91.0 Å². The number of nitrogens with zero attached hydrogens (tertiary/aromatic N) is 3. The van der Waals surface area contributed by atoms with Crippen molar-refractivity contribution >= 4 is 5.82 Å². The van der Waals surface area contributed by atoms with Crippen molar-refractivity contribution in [3.05, 3.63) is 120 Å². The highest BCUT2D eigenvalue weighted by molar-refractivity contribution is 5.51. The number of hydrogen-bond acceptors (Lipinski definition) is 4. The lowest BCUT2D eigenvalue weighted by atomic mass is 9.77. The summed E-state index contributed by atoms with van der Waals surface area (Å²) in [4.78, 5) is 1.86. The smallest absolute Gasteiger partial charge is 0.150 e. The van der Waals surface area contributed by atoms with E-state index < -0.39 is 24.8 Å². The van der Waals surface area contributed by atoms with Crippen LogP contribution in [-0.4, -0.2) is 47.2 Å². The van der Waals surface area contributed by atoms with Crippen LogP contribution in [-0.2, 0) is 10.3 Å². The second-order valence-corrected chi connectivity index (χ2v) is 8.06. The number of β-amino-alcohol motifs (C(OH)–C–C–N with tert-alkyl or cyclic N) is 1. The number of hydrogen-bond donors (Lipinski definition) is 1. The van der Waals surface area contributed by atoms with Gasteiger partial charge in [0, 0.05) is 32.4 Å². The number of anilines is 1. The van der Waals surface area contributed by atoms with Crippen LogP contribution in [0.2, 0.25) is 0 Å². The summed E-state index contributed by atoms with van der Waals surface area (Å²) in [5.41, 5.74) is 2.42. The second-order valence-electron chi connectivity index (χ2n) is 8.06. The molecule has 32 heavy (non-hydrogen) atoms. The van der Waals surface area contributed by atoms with E-state index in [0.717, 1.165) is 16.7 Å². The summed E-state index contributed by atoms with van der Waals surface area (Å²) in [5, 5.41) is 15.4. The highest BCUT2D eigenvalue weighted by Crippen LogP contribution is 2.40. The maximum absolute atomic E-state index is 10.4. The van der Waals surface area contributed by atoms with Crippen molar-refractivity contribution in [3.8, 4) is 0 Å². The minimum absolute atomic E-state index is 0.242. The lowest BCUT2D eigenvalue weighted by Gasteiger charge is -2.36. The van der Waals surface area contributed by atoms with Gasteiger partial charge in [-0.3, -0.25) is 4.68 Å². The van der Waals surface area contributed by atoms with Crippen LogP contribution in [0, 0.1) is 0 Å². The number of aliphatic hydroxyl groups excluding tert-OH is 1. The molecule has 5 rings (SSSR count). The predicted octanol–water partition coefficient (Wildman–Crippen LogP) is 3.92. The number of ether oxygens (including phenoxy) is 1. The van der Waals surface area contributed by atoms with Gasteiger partial charge in [-0.25, -0.2) is 0 Å². The summed E-state index contributed by atoms with van der Waals surface area (Å²) in [6.07, 6.45) is 0.213. The summed E-state index contributed by atoms with van der Waals surface area (Å²) >= 11 is 0. The highest BCUT2D eigenvalue weighted by Gasteiger charge is 2.40. The van der Waals surface area contributed by atoms with Crippen LogP contribution in [0.4, 0.5) is 5.82 Å². The topological polar surface area (TPSA) is 50.5 Å². The van der Waals surface area contributed by atoms with Crippen molar-refractivity contribution in [3.63, 3.8) is 0 Å². The summed E-state index contributed by atoms with van der Waals surface area (Å²) in [7, 11) is -2.57. The van der Waals surface area contributed by atoms with Crippen LogP contribution < -0.4 is 4.90 Å². The molecule has 1 fully saturated rings. The molecule has 4 aromatic rings. The molecule has 5 nitrogen and oxygen atoms in total. The van der Waals surface area contributed by atoms with E-state index in [0.29, 0.717) is 5.82 Å². The van der Waals surface area contributed by atoms with E-state index in [1.807, 2.05) is 76.4 Å². The molecule has 1 aliphatic rings. The summed E-state index contributed by atoms with van der Waals surface area (Å²) < 4.78 is 29.2. The third-order valence-electron chi connectivity index (χ3n) is 6.21. The van der Waals surface area contributed by atoms with Crippen LogP contribution >= 0.6 is 0 Å². The fraction of sp³-hybridized carbons (Fsp3) is 0.222. The van der Waals surface area contributed by atoms with Gasteiger partial charge in [0.25, 0.3) is 0 Å². The second kappa shape index (κ2) is 8.61. The van der Waals surface area contributed by atoms with Gasteiger partial charge in [0.15, 0.2) is 5.82 Å². The molecular weight excluding hydrogens is 398 g/mol. The van der Waals surface area contributed by atoms with Gasteiger partial charge in [0.1, 0.15) is 11.6 Å². The SMILES string of the molecule is [2H]C([2H])([2H])O[C@H]1CN(c2ccn(C(c3ccccc3)(c3ccccc3)c3ccccc3)n2)C[C@H]1O. The fourth-order valence-corrected chi connectivity index (χ4v) is 4.66. The van der Waals surface area contributed by atoms with E-state index in [1.54, 1.807) is 0 Å². The number of aromatic nitrogens is 2. The maximum Gasteiger partial charge on any atom is 0.150 e. The zero-order valence-electron chi connectivity index (χ0n) is 20.6. The zero-order valence-corrected chi connectivity index (χ0v) is 17.6. The van der Waals surface area contributed by atoms with Crippen LogP contribution in [0.25, 0.3) is 0 Å². The van der Waals surface area contributed by atoms with Crippen molar-refractivity contribution in [2.75, 3.05) is 25.0 Å². The number of aliphatic hydroxyl groups is 1. The molecule has 0 saturated carbocycles. The van der Waals surface area contributed by atoms with Crippen molar-refractivity contribution in [1.82, 2.24) is 9.78 Å². The normalized spacial score (nSPS) is 20.5. The first-order chi connectivity index (χ1) is 16.9. The van der Waals surface area contributed by atoms with Gasteiger partial charge in [-0.2, -0.15) is 5.10 Å². The first-order valence-corrected chi connectivity index (χ1v) is 10.7. The van der Waals surface area contributed by atoms with E-state index in [1.165, 1.54) is 0 Å². The fourth-order valence-electron chi connectivity index (χ4n) is 4.66. The molecule has 1 saturated heterocycles. The Morgan fingerprint density at radius 3 is 1.88 bits per heavy atom. The van der Waals surface area contributed by atoms with E-state index in [9.17, 15) is 5.11 Å². The zero-order chi connectivity index (χ0) is 24.5. The quantitative estimate of drug-likeness (QED) is 0.473. The van der Waals surface area contributed by atoms with Crippen molar-refractivity contribution in [2.24, 2.45) is 0 Å². The average molecular weight is 429 g/mol. The third-order valence-corrected chi connectivity index (χ3v) is 6.21. The molecule has 0 aliphatic carbocycles. The summed E-state index contributed by atoms with van der Waals surface area (Å²) in [5.74, 6) is 0.646. The van der Waals surface area contributed by atoms with Crippen LogP contribution in [0.15, 0.2) is 103 Å². The average Bonchev–Trinajstić information content (AvgIpc) is 3.48. The Morgan fingerprint density at radius 1 is 0.844 bits per heavy atom. The molecule has 0 unspecified atom stereocenters. The Morgan fingerprint density at radius 2 is 1.38 bits per heavy atom. The number of rotatable bonds is 6. The minimum atomic E-state index is -2.57. The molecule has 2 atom stereocenters. The van der Waals surface area contributed by atoms with E-state index in [4.69, 9.17) is 13.9 Å². The van der Waals surface area contributed by atoms with Crippen LogP contribution in [0.3, 0.4) is 0 Å². The Kier molecular flexibility index (Phi) is 4.62. The third kappa shape index (κ3) is 3.40. The molecule has 0 bridgehead atoms. The summed E-state index contributed by atoms with van der Waals surface area (Å²) in [6, 6.07) is 32.6. The maximum atomic E-state index is 10.4. The van der Waals surface area contributed by atoms with Gasteiger partial charge in [-0.05, 0) is 16.7 Å². The van der Waals surface area contributed by atoms with Crippen molar-refractivity contribution < 1.29 is 14.0 Å². The Bertz CT molecular complexity index is 1150. The molecule has 1 aromatic heterocycles. The number of methoxy groups -OCH3 is 1. The van der Waals surface area contributed by atoms with Crippen molar-refractivity contribution in [2.45, 2.75) is 17.7 Å². The largest absolute Gasteiger partial charge is 0.388 e. The van der Waals surface area contributed by atoms with Crippen LogP contribution in [0.1, 0.15) is 20.8 Å². The van der Waals surface area contributed by atoms with Crippen LogP contribution in [0.5, 0.6) is 0 Å². The lowest BCUT2D eigenvalue weighted by Crippen LogP contribution is -2.38. The van der Waals surface area contributed by atoms with E-state index >= 15 is 0 Å². The molecule has 0 radical (unpaired) electrons. The Labute approximate surface area is 192 Å². The lowest BCUT2D eigenvalue weighted by molar-refractivity contribution is 0.0217. The minimum Gasteiger partial charge on any atom is -0.388 e. The molecule has 2 heterocycles. The molecule has 3 aromatic carbocycles. The predicted molar refractivity (Wildman–Crippen MR) is 126 cm³/mol. The monoisotopic (exact) mass is 428 g/mol. The van der Waals surface area contributed by atoms with Gasteiger partial charge in [-0.15, -0.1) is 0 Å². The first-order valence-electron chi connectivity index (χ1n) is 12.2. The molecule has 1 N–H and O–H groups in total. The van der Waals surface area contributed by atoms with Gasteiger partial charge in [0.05, 0.1) is 10.2 Å². The number of benzene rings is 3. The molecule has 5 heteroatoms. The first kappa shape index (κ1) is 17.2. The molecule has 0 amide bonds. The highest BCUT2D eigenvalue weighted by atomic mass is 16.5. The molecule has 162 valence electrons. The molecular formula is C27H27N3O2. The van der Waals surface area contributed by atoms with Gasteiger partial charge < -0.3 is 14.7 Å². The van der Waals surface area contributed by atoms with Gasteiger partial charge >= 0.3 is 0 Å². The van der Waals surface area contributed by atoms with Gasteiger partial charge in [0.2, 0.25) is 0 Å². The standard InChI is InChI=1S/C27H27N3O2/c1-32-25-20-29(19-24(25)31)26-17-18-30(28-26)27(21-11-5-2-6-12-21,22-13-7-3-8-14-22)23-15-9-4-10-16-23/h2-18,24-25,31H,19-20H2,1H3/t24-,25+/m1/s1/i1D3. The van der Waals surface area contributed by atoms with Crippen molar-refractivity contribution in [1.29, 1.82) is 0 Å². The molecule has 1 aliphatic heterocycles. The summed E-state index contributed by atoms with van der Waals surface area (Å²) in [6.45, 7) is 0.484. The molecule has 0 spiro atoms.